The number of fused-ring (bicyclic) bond motifs is 1. The Kier molecular flexibility index (Phi) is 5.46. The Morgan fingerprint density at radius 2 is 1.96 bits per heavy atom. The van der Waals surface area contributed by atoms with Crippen molar-refractivity contribution in [3.63, 3.8) is 0 Å². The Labute approximate surface area is 155 Å². The zero-order chi connectivity index (χ0) is 18.7. The van der Waals surface area contributed by atoms with Crippen LogP contribution in [0.4, 0.5) is 10.2 Å². The van der Waals surface area contributed by atoms with Crippen molar-refractivity contribution in [1.82, 2.24) is 15.3 Å². The van der Waals surface area contributed by atoms with Crippen LogP contribution in [-0.2, 0) is 11.3 Å². The average Bonchev–Trinajstić information content (AvgIpc) is 2.93. The third kappa shape index (κ3) is 3.83. The molecule has 0 aliphatic carbocycles. The number of nitrogens with zero attached hydrogens (tertiary/aromatic N) is 3. The first-order chi connectivity index (χ1) is 12.5. The fourth-order valence-corrected chi connectivity index (χ4v) is 3.76. The third-order valence-electron chi connectivity index (χ3n) is 4.36. The van der Waals surface area contributed by atoms with Crippen molar-refractivity contribution < 1.29 is 9.18 Å². The highest BCUT2D eigenvalue weighted by Crippen LogP contribution is 2.34. The number of nitrogens with one attached hydrogen (secondary N) is 1. The predicted octanol–water partition coefficient (Wildman–Crippen LogP) is 3.59. The summed E-state index contributed by atoms with van der Waals surface area (Å²) in [6, 6.07) is 6.11. The van der Waals surface area contributed by atoms with E-state index >= 15 is 0 Å². The van der Waals surface area contributed by atoms with E-state index in [1.165, 1.54) is 17.0 Å². The lowest BCUT2D eigenvalue weighted by atomic mass is 10.2. The van der Waals surface area contributed by atoms with Gasteiger partial charge in [0, 0.05) is 18.0 Å². The minimum atomic E-state index is -0.286. The lowest BCUT2D eigenvalue weighted by Crippen LogP contribution is -2.37. The van der Waals surface area contributed by atoms with Gasteiger partial charge in [-0.1, -0.05) is 12.1 Å². The summed E-state index contributed by atoms with van der Waals surface area (Å²) in [5.41, 5.74) is 2.02. The largest absolute Gasteiger partial charge is 0.350 e. The van der Waals surface area contributed by atoms with Crippen LogP contribution in [0.25, 0.3) is 10.2 Å². The standard InChI is InChI=1S/C19H21FN4OS/c1-4-24(10-16(25)21-9-14-5-7-15(20)8-6-14)18-17-12(2)13(3)26-19(17)23-11-22-18/h5-8,11H,4,9-10H2,1-3H3,(H,21,25). The number of aromatic nitrogens is 2. The number of rotatable bonds is 6. The molecule has 2 aromatic heterocycles. The molecule has 0 unspecified atom stereocenters. The smallest absolute Gasteiger partial charge is 0.239 e. The Hall–Kier alpha value is -2.54. The van der Waals surface area contributed by atoms with Gasteiger partial charge in [-0.2, -0.15) is 0 Å². The van der Waals surface area contributed by atoms with Gasteiger partial charge in [-0.05, 0) is 44.0 Å². The van der Waals surface area contributed by atoms with Gasteiger partial charge in [-0.3, -0.25) is 4.79 Å². The van der Waals surface area contributed by atoms with E-state index in [4.69, 9.17) is 0 Å². The molecule has 0 aliphatic rings. The quantitative estimate of drug-likeness (QED) is 0.718. The van der Waals surface area contributed by atoms with Crippen LogP contribution >= 0.6 is 11.3 Å². The highest BCUT2D eigenvalue weighted by Gasteiger charge is 2.18. The summed E-state index contributed by atoms with van der Waals surface area (Å²) in [5.74, 6) is 0.398. The summed E-state index contributed by atoms with van der Waals surface area (Å²) in [6.45, 7) is 7.35. The molecule has 5 nitrogen and oxygen atoms in total. The van der Waals surface area contributed by atoms with Crippen LogP contribution in [-0.4, -0.2) is 29.0 Å². The van der Waals surface area contributed by atoms with Crippen molar-refractivity contribution in [2.24, 2.45) is 0 Å². The zero-order valence-electron chi connectivity index (χ0n) is 15.0. The summed E-state index contributed by atoms with van der Waals surface area (Å²) < 4.78 is 12.9. The SMILES string of the molecule is CCN(CC(=O)NCc1ccc(F)cc1)c1ncnc2sc(C)c(C)c12. The molecule has 0 saturated heterocycles. The van der Waals surface area contributed by atoms with Crippen molar-refractivity contribution in [2.45, 2.75) is 27.3 Å². The number of likely N-dealkylation sites (N-methyl/N-ethyl adjacent to an activating group) is 1. The molecule has 0 bridgehead atoms. The molecule has 1 amide bonds. The van der Waals surface area contributed by atoms with E-state index in [1.807, 2.05) is 11.8 Å². The lowest BCUT2D eigenvalue weighted by Gasteiger charge is -2.22. The second-order valence-corrected chi connectivity index (χ2v) is 7.28. The Bertz CT molecular complexity index is 923. The minimum Gasteiger partial charge on any atom is -0.350 e. The van der Waals surface area contributed by atoms with Crippen LogP contribution < -0.4 is 10.2 Å². The fourth-order valence-electron chi connectivity index (χ4n) is 2.77. The van der Waals surface area contributed by atoms with E-state index in [1.54, 1.807) is 29.8 Å². The molecule has 0 atom stereocenters. The van der Waals surface area contributed by atoms with Gasteiger partial charge < -0.3 is 10.2 Å². The van der Waals surface area contributed by atoms with Gasteiger partial charge in [-0.15, -0.1) is 11.3 Å². The summed E-state index contributed by atoms with van der Waals surface area (Å²) >= 11 is 1.64. The first-order valence-corrected chi connectivity index (χ1v) is 9.28. The summed E-state index contributed by atoms with van der Waals surface area (Å²) in [7, 11) is 0. The number of anilines is 1. The number of benzene rings is 1. The molecule has 3 aromatic rings. The van der Waals surface area contributed by atoms with E-state index in [2.05, 4.69) is 29.1 Å². The Morgan fingerprint density at radius 3 is 2.65 bits per heavy atom. The van der Waals surface area contributed by atoms with E-state index in [0.717, 1.165) is 27.2 Å². The molecule has 2 heterocycles. The summed E-state index contributed by atoms with van der Waals surface area (Å²) in [6.07, 6.45) is 1.55. The first-order valence-electron chi connectivity index (χ1n) is 8.46. The van der Waals surface area contributed by atoms with Crippen LogP contribution in [0.3, 0.4) is 0 Å². The maximum atomic E-state index is 12.9. The van der Waals surface area contributed by atoms with Crippen LogP contribution in [0.1, 0.15) is 22.9 Å². The molecular formula is C19H21FN4OS. The monoisotopic (exact) mass is 372 g/mol. The van der Waals surface area contributed by atoms with Gasteiger partial charge in [0.25, 0.3) is 0 Å². The fraction of sp³-hybridized carbons (Fsp3) is 0.316. The maximum Gasteiger partial charge on any atom is 0.239 e. The number of carbonyl (C=O) groups is 1. The van der Waals surface area contributed by atoms with Gasteiger partial charge >= 0.3 is 0 Å². The third-order valence-corrected chi connectivity index (χ3v) is 5.48. The number of halogens is 1. The van der Waals surface area contributed by atoms with Gasteiger partial charge in [0.2, 0.25) is 5.91 Å². The maximum absolute atomic E-state index is 12.9. The lowest BCUT2D eigenvalue weighted by molar-refractivity contribution is -0.119. The molecule has 26 heavy (non-hydrogen) atoms. The average molecular weight is 372 g/mol. The normalized spacial score (nSPS) is 10.9. The predicted molar refractivity (Wildman–Crippen MR) is 103 cm³/mol. The Morgan fingerprint density at radius 1 is 1.23 bits per heavy atom. The van der Waals surface area contributed by atoms with Crippen molar-refractivity contribution in [1.29, 1.82) is 0 Å². The Balaban J connectivity index is 1.73. The highest BCUT2D eigenvalue weighted by molar-refractivity contribution is 7.18. The molecule has 1 aromatic carbocycles. The van der Waals surface area contributed by atoms with Crippen LogP contribution in [0.15, 0.2) is 30.6 Å². The molecule has 0 fully saturated rings. The minimum absolute atomic E-state index is 0.104. The number of carbonyl (C=O) groups excluding carboxylic acids is 1. The van der Waals surface area contributed by atoms with Crippen molar-refractivity contribution in [3.05, 3.63) is 52.4 Å². The van der Waals surface area contributed by atoms with Gasteiger partial charge in [0.1, 0.15) is 22.8 Å². The molecule has 0 spiro atoms. The van der Waals surface area contributed by atoms with Crippen LogP contribution in [0.5, 0.6) is 0 Å². The van der Waals surface area contributed by atoms with Crippen molar-refractivity contribution in [2.75, 3.05) is 18.0 Å². The van der Waals surface area contributed by atoms with Gasteiger partial charge in [-0.25, -0.2) is 14.4 Å². The summed E-state index contributed by atoms with van der Waals surface area (Å²) in [5, 5.41) is 3.89. The molecule has 136 valence electrons. The molecule has 0 saturated carbocycles. The summed E-state index contributed by atoms with van der Waals surface area (Å²) in [4.78, 5) is 25.3. The number of hydrogen-bond acceptors (Lipinski definition) is 5. The number of amides is 1. The zero-order valence-corrected chi connectivity index (χ0v) is 15.9. The molecule has 7 heteroatoms. The van der Waals surface area contributed by atoms with Crippen molar-refractivity contribution in [3.8, 4) is 0 Å². The van der Waals surface area contributed by atoms with E-state index in [9.17, 15) is 9.18 Å². The second kappa shape index (κ2) is 7.78. The van der Waals surface area contributed by atoms with Gasteiger partial charge in [0.05, 0.1) is 11.9 Å². The topological polar surface area (TPSA) is 58.1 Å². The van der Waals surface area contributed by atoms with E-state index in [-0.39, 0.29) is 18.3 Å². The highest BCUT2D eigenvalue weighted by atomic mass is 32.1. The molecule has 3 rings (SSSR count). The van der Waals surface area contributed by atoms with E-state index in [0.29, 0.717) is 13.1 Å². The molecule has 0 radical (unpaired) electrons. The molecular weight excluding hydrogens is 351 g/mol. The van der Waals surface area contributed by atoms with E-state index < -0.39 is 0 Å². The van der Waals surface area contributed by atoms with Crippen LogP contribution in [0.2, 0.25) is 0 Å². The van der Waals surface area contributed by atoms with Crippen LogP contribution in [0, 0.1) is 19.7 Å². The first kappa shape index (κ1) is 18.3. The van der Waals surface area contributed by atoms with Gasteiger partial charge in [0.15, 0.2) is 0 Å². The van der Waals surface area contributed by atoms with Crippen molar-refractivity contribution >= 4 is 33.3 Å². The second-order valence-electron chi connectivity index (χ2n) is 6.08. The number of thiophene rings is 1. The molecule has 0 aliphatic heterocycles. The number of hydrogen-bond donors (Lipinski definition) is 1. The molecule has 1 N–H and O–H groups in total. The number of aryl methyl sites for hydroxylation is 2.